The first-order valence-electron chi connectivity index (χ1n) is 4.47. The molecular formula is C8H19NO2S. The zero-order chi connectivity index (χ0) is 9.40. The van der Waals surface area contributed by atoms with E-state index in [1.165, 1.54) is 12.8 Å². The van der Waals surface area contributed by atoms with Crippen LogP contribution in [-0.4, -0.2) is 27.1 Å². The smallest absolute Gasteiger partial charge is 0.152 e. The highest BCUT2D eigenvalue weighted by Gasteiger charge is 1.98. The second-order valence-electron chi connectivity index (χ2n) is 3.02. The number of hydrogen-bond donors (Lipinski definition) is 2. The van der Waals surface area contributed by atoms with Crippen molar-refractivity contribution in [1.29, 1.82) is 0 Å². The molecule has 0 amide bonds. The summed E-state index contributed by atoms with van der Waals surface area (Å²) in [7, 11) is 0. The molecule has 4 heteroatoms. The molecule has 0 radical (unpaired) electrons. The summed E-state index contributed by atoms with van der Waals surface area (Å²) >= 11 is -1.62. The highest BCUT2D eigenvalue weighted by atomic mass is 32.2. The molecule has 0 bridgehead atoms. The number of hydrogen-bond acceptors (Lipinski definition) is 2. The van der Waals surface area contributed by atoms with Crippen LogP contribution in [0, 0.1) is 0 Å². The molecule has 74 valence electrons. The van der Waals surface area contributed by atoms with Crippen molar-refractivity contribution in [3.63, 3.8) is 0 Å². The minimum atomic E-state index is -1.62. The molecule has 0 aliphatic rings. The Morgan fingerprint density at radius 2 is 2.25 bits per heavy atom. The molecule has 0 aromatic rings. The standard InChI is InChI=1S/C8H19NO2S/c1-3-5-8(2)9-6-4-7-12(10)11/h8-9H,3-7H2,1-2H3,(H,10,11). The van der Waals surface area contributed by atoms with Gasteiger partial charge in [0.05, 0.1) is 5.75 Å². The molecular weight excluding hydrogens is 174 g/mol. The Kier molecular flexibility index (Phi) is 7.75. The van der Waals surface area contributed by atoms with Gasteiger partial charge in [-0.2, -0.15) is 0 Å². The lowest BCUT2D eigenvalue weighted by Crippen LogP contribution is -2.27. The average molecular weight is 193 g/mol. The van der Waals surface area contributed by atoms with Gasteiger partial charge in [0, 0.05) is 6.04 Å². The average Bonchev–Trinajstić information content (AvgIpc) is 1.98. The summed E-state index contributed by atoms with van der Waals surface area (Å²) in [6, 6.07) is 0.530. The Morgan fingerprint density at radius 3 is 2.75 bits per heavy atom. The van der Waals surface area contributed by atoms with Gasteiger partial charge in [-0.25, -0.2) is 4.21 Å². The van der Waals surface area contributed by atoms with E-state index in [1.807, 2.05) is 0 Å². The summed E-state index contributed by atoms with van der Waals surface area (Å²) in [6.45, 7) is 5.13. The van der Waals surface area contributed by atoms with Gasteiger partial charge in [-0.1, -0.05) is 13.3 Å². The van der Waals surface area contributed by atoms with Crippen LogP contribution in [-0.2, 0) is 11.1 Å². The number of rotatable bonds is 7. The number of nitrogens with one attached hydrogen (secondary N) is 1. The van der Waals surface area contributed by atoms with Crippen LogP contribution in [0.25, 0.3) is 0 Å². The molecule has 0 heterocycles. The fraction of sp³-hybridized carbons (Fsp3) is 1.00. The largest absolute Gasteiger partial charge is 0.314 e. The Hall–Kier alpha value is 0.0700. The second-order valence-corrected chi connectivity index (χ2v) is 4.07. The minimum Gasteiger partial charge on any atom is -0.314 e. The van der Waals surface area contributed by atoms with Crippen LogP contribution in [0.5, 0.6) is 0 Å². The summed E-state index contributed by atoms with van der Waals surface area (Å²) in [5.41, 5.74) is 0. The molecule has 0 fully saturated rings. The molecule has 0 aliphatic heterocycles. The molecule has 2 atom stereocenters. The fourth-order valence-electron chi connectivity index (χ4n) is 1.08. The maximum Gasteiger partial charge on any atom is 0.152 e. The molecule has 0 aromatic carbocycles. The summed E-state index contributed by atoms with van der Waals surface area (Å²) in [4.78, 5) is 0. The molecule has 0 saturated heterocycles. The molecule has 0 rings (SSSR count). The van der Waals surface area contributed by atoms with Crippen molar-refractivity contribution in [2.24, 2.45) is 0 Å². The van der Waals surface area contributed by atoms with E-state index in [4.69, 9.17) is 4.55 Å². The quantitative estimate of drug-likeness (QED) is 0.474. The van der Waals surface area contributed by atoms with Crippen LogP contribution in [0.2, 0.25) is 0 Å². The summed E-state index contributed by atoms with van der Waals surface area (Å²) in [5.74, 6) is 0.381. The minimum absolute atomic E-state index is 0.381. The van der Waals surface area contributed by atoms with Crippen molar-refractivity contribution >= 4 is 11.1 Å². The van der Waals surface area contributed by atoms with E-state index >= 15 is 0 Å². The van der Waals surface area contributed by atoms with Crippen molar-refractivity contribution in [1.82, 2.24) is 5.32 Å². The van der Waals surface area contributed by atoms with Crippen LogP contribution in [0.3, 0.4) is 0 Å². The van der Waals surface area contributed by atoms with Gasteiger partial charge in [-0.3, -0.25) is 0 Å². The van der Waals surface area contributed by atoms with Crippen LogP contribution in [0.1, 0.15) is 33.1 Å². The Bertz CT molecular complexity index is 130. The van der Waals surface area contributed by atoms with E-state index in [-0.39, 0.29) is 0 Å². The van der Waals surface area contributed by atoms with Crippen LogP contribution < -0.4 is 5.32 Å². The molecule has 3 nitrogen and oxygen atoms in total. The van der Waals surface area contributed by atoms with E-state index in [2.05, 4.69) is 19.2 Å². The fourth-order valence-corrected chi connectivity index (χ4v) is 1.47. The maximum absolute atomic E-state index is 10.3. The normalized spacial score (nSPS) is 15.9. The van der Waals surface area contributed by atoms with Gasteiger partial charge < -0.3 is 9.87 Å². The predicted molar refractivity (Wildman–Crippen MR) is 52.6 cm³/mol. The maximum atomic E-state index is 10.3. The molecule has 2 unspecified atom stereocenters. The Morgan fingerprint density at radius 1 is 1.58 bits per heavy atom. The topological polar surface area (TPSA) is 49.3 Å². The monoisotopic (exact) mass is 193 g/mol. The van der Waals surface area contributed by atoms with Gasteiger partial charge in [0.25, 0.3) is 0 Å². The SMILES string of the molecule is CCCC(C)NCCCS(=O)O. The molecule has 0 aliphatic carbocycles. The predicted octanol–water partition coefficient (Wildman–Crippen LogP) is 1.38. The lowest BCUT2D eigenvalue weighted by molar-refractivity contribution is 0.504. The van der Waals surface area contributed by atoms with Gasteiger partial charge in [0.1, 0.15) is 0 Å². The van der Waals surface area contributed by atoms with Crippen LogP contribution in [0.15, 0.2) is 0 Å². The zero-order valence-electron chi connectivity index (χ0n) is 7.88. The van der Waals surface area contributed by atoms with Crippen molar-refractivity contribution in [2.75, 3.05) is 12.3 Å². The molecule has 12 heavy (non-hydrogen) atoms. The van der Waals surface area contributed by atoms with Crippen molar-refractivity contribution < 1.29 is 8.76 Å². The first-order chi connectivity index (χ1) is 5.66. The first kappa shape index (κ1) is 12.1. The van der Waals surface area contributed by atoms with E-state index in [9.17, 15) is 4.21 Å². The third-order valence-electron chi connectivity index (χ3n) is 1.71. The van der Waals surface area contributed by atoms with Crippen molar-refractivity contribution in [3.8, 4) is 0 Å². The van der Waals surface area contributed by atoms with Crippen LogP contribution in [0.4, 0.5) is 0 Å². The third kappa shape index (κ3) is 8.17. The molecule has 0 saturated carbocycles. The van der Waals surface area contributed by atoms with Gasteiger partial charge in [-0.15, -0.1) is 0 Å². The van der Waals surface area contributed by atoms with Crippen molar-refractivity contribution in [3.05, 3.63) is 0 Å². The van der Waals surface area contributed by atoms with E-state index in [0.29, 0.717) is 11.8 Å². The molecule has 0 aromatic heterocycles. The lowest BCUT2D eigenvalue weighted by atomic mass is 10.2. The molecule has 2 N–H and O–H groups in total. The lowest BCUT2D eigenvalue weighted by Gasteiger charge is -2.11. The summed E-state index contributed by atoms with van der Waals surface area (Å²) < 4.78 is 18.7. The summed E-state index contributed by atoms with van der Waals surface area (Å²) in [6.07, 6.45) is 3.12. The van der Waals surface area contributed by atoms with Gasteiger partial charge in [0.15, 0.2) is 11.1 Å². The van der Waals surface area contributed by atoms with Gasteiger partial charge >= 0.3 is 0 Å². The zero-order valence-corrected chi connectivity index (χ0v) is 8.69. The van der Waals surface area contributed by atoms with Gasteiger partial charge in [0.2, 0.25) is 0 Å². The Balaban J connectivity index is 3.13. The highest BCUT2D eigenvalue weighted by molar-refractivity contribution is 7.79. The summed E-state index contributed by atoms with van der Waals surface area (Å²) in [5, 5.41) is 3.29. The van der Waals surface area contributed by atoms with Gasteiger partial charge in [-0.05, 0) is 26.3 Å². The van der Waals surface area contributed by atoms with E-state index < -0.39 is 11.1 Å². The second kappa shape index (κ2) is 7.71. The molecule has 0 spiro atoms. The van der Waals surface area contributed by atoms with E-state index in [1.54, 1.807) is 0 Å². The Labute approximate surface area is 77.2 Å². The first-order valence-corrected chi connectivity index (χ1v) is 5.75. The van der Waals surface area contributed by atoms with Crippen LogP contribution >= 0.6 is 0 Å². The third-order valence-corrected chi connectivity index (χ3v) is 2.35. The highest BCUT2D eigenvalue weighted by Crippen LogP contribution is 1.94. The van der Waals surface area contributed by atoms with Crippen molar-refractivity contribution in [2.45, 2.75) is 39.2 Å². The van der Waals surface area contributed by atoms with E-state index in [0.717, 1.165) is 13.0 Å².